The van der Waals surface area contributed by atoms with Gasteiger partial charge in [-0.25, -0.2) is 9.59 Å². The van der Waals surface area contributed by atoms with Crippen LogP contribution in [-0.2, 0) is 0 Å². The first-order valence-corrected chi connectivity index (χ1v) is 6.82. The minimum Gasteiger partial charge on any atom is -0.478 e. The molecule has 0 aromatic carbocycles. The Labute approximate surface area is 110 Å². The van der Waals surface area contributed by atoms with Crippen molar-refractivity contribution in [1.29, 1.82) is 0 Å². The summed E-state index contributed by atoms with van der Waals surface area (Å²) >= 11 is 1.20. The molecule has 1 aromatic heterocycles. The number of aromatic carboxylic acids is 1. The molecule has 1 rings (SSSR count). The number of amides is 2. The number of hydrogen-bond acceptors (Lipinski definition) is 3. The highest BCUT2D eigenvalue weighted by Gasteiger charge is 2.14. The molecule has 0 fully saturated rings. The highest BCUT2D eigenvalue weighted by Crippen LogP contribution is 2.22. The van der Waals surface area contributed by atoms with Gasteiger partial charge in [-0.1, -0.05) is 26.7 Å². The summed E-state index contributed by atoms with van der Waals surface area (Å²) in [5.74, 6) is -0.579. The second-order valence-corrected chi connectivity index (χ2v) is 4.90. The van der Waals surface area contributed by atoms with E-state index in [9.17, 15) is 9.59 Å². The molecule has 0 aliphatic heterocycles. The molecule has 0 aliphatic rings. The van der Waals surface area contributed by atoms with Crippen molar-refractivity contribution < 1.29 is 14.7 Å². The number of carboxylic acid groups (broad SMARTS) is 1. The summed E-state index contributed by atoms with van der Waals surface area (Å²) in [5, 5.41) is 16.2. The molecule has 0 atom stereocenters. The summed E-state index contributed by atoms with van der Waals surface area (Å²) in [7, 11) is 0. The van der Waals surface area contributed by atoms with Crippen LogP contribution in [0.1, 0.15) is 37.0 Å². The number of carboxylic acids is 1. The van der Waals surface area contributed by atoms with Gasteiger partial charge in [-0.15, -0.1) is 11.3 Å². The van der Waals surface area contributed by atoms with Crippen molar-refractivity contribution in [2.45, 2.75) is 26.7 Å². The highest BCUT2D eigenvalue weighted by atomic mass is 32.1. The molecule has 5 nitrogen and oxygen atoms in total. The SMILES string of the molecule is CCC(CC)CNC(=O)Nc1sccc1C(=O)O. The van der Waals surface area contributed by atoms with E-state index >= 15 is 0 Å². The summed E-state index contributed by atoms with van der Waals surface area (Å²) in [5.41, 5.74) is 0.123. The second kappa shape index (κ2) is 7.00. The van der Waals surface area contributed by atoms with E-state index in [4.69, 9.17) is 5.11 Å². The lowest BCUT2D eigenvalue weighted by molar-refractivity contribution is 0.0698. The van der Waals surface area contributed by atoms with E-state index in [1.165, 1.54) is 17.4 Å². The van der Waals surface area contributed by atoms with Crippen molar-refractivity contribution >= 4 is 28.3 Å². The van der Waals surface area contributed by atoms with Gasteiger partial charge < -0.3 is 10.4 Å². The predicted octanol–water partition coefficient (Wildman–Crippen LogP) is 3.00. The fourth-order valence-electron chi connectivity index (χ4n) is 1.54. The summed E-state index contributed by atoms with van der Waals surface area (Å²) in [4.78, 5) is 22.5. The van der Waals surface area contributed by atoms with Crippen molar-refractivity contribution in [3.8, 4) is 0 Å². The van der Waals surface area contributed by atoms with Crippen molar-refractivity contribution in [3.63, 3.8) is 0 Å². The Kier molecular flexibility index (Phi) is 5.64. The molecule has 1 aromatic rings. The van der Waals surface area contributed by atoms with Gasteiger partial charge >= 0.3 is 12.0 Å². The van der Waals surface area contributed by atoms with Gasteiger partial charge in [0.15, 0.2) is 0 Å². The third kappa shape index (κ3) is 4.03. The standard InChI is InChI=1S/C12H18N2O3S/c1-3-8(4-2)7-13-12(17)14-10-9(11(15)16)5-6-18-10/h5-6,8H,3-4,7H2,1-2H3,(H,15,16)(H2,13,14,17). The Balaban J connectivity index is 2.49. The van der Waals surface area contributed by atoms with Gasteiger partial charge in [-0.3, -0.25) is 5.32 Å². The minimum absolute atomic E-state index is 0.123. The average molecular weight is 270 g/mol. The second-order valence-electron chi connectivity index (χ2n) is 3.99. The Morgan fingerprint density at radius 3 is 2.61 bits per heavy atom. The van der Waals surface area contributed by atoms with Gasteiger partial charge in [-0.2, -0.15) is 0 Å². The van der Waals surface area contributed by atoms with Crippen LogP contribution in [0.15, 0.2) is 11.4 Å². The van der Waals surface area contributed by atoms with E-state index in [2.05, 4.69) is 24.5 Å². The Morgan fingerprint density at radius 1 is 1.39 bits per heavy atom. The van der Waals surface area contributed by atoms with Crippen molar-refractivity contribution in [1.82, 2.24) is 5.32 Å². The maximum atomic E-state index is 11.6. The van der Waals surface area contributed by atoms with Gasteiger partial charge in [0.2, 0.25) is 0 Å². The molecular weight excluding hydrogens is 252 g/mol. The van der Waals surface area contributed by atoms with Crippen LogP contribution in [0.4, 0.5) is 9.80 Å². The molecule has 100 valence electrons. The van der Waals surface area contributed by atoms with Crippen LogP contribution in [0.25, 0.3) is 0 Å². The van der Waals surface area contributed by atoms with Crippen LogP contribution in [0, 0.1) is 5.92 Å². The van der Waals surface area contributed by atoms with Crippen molar-refractivity contribution in [2.75, 3.05) is 11.9 Å². The van der Waals surface area contributed by atoms with E-state index in [1.54, 1.807) is 5.38 Å². The topological polar surface area (TPSA) is 78.4 Å². The van der Waals surface area contributed by atoms with Crippen molar-refractivity contribution in [2.24, 2.45) is 5.92 Å². The predicted molar refractivity (Wildman–Crippen MR) is 72.4 cm³/mol. The molecule has 3 N–H and O–H groups in total. The molecule has 6 heteroatoms. The number of nitrogens with one attached hydrogen (secondary N) is 2. The Bertz CT molecular complexity index is 413. The third-order valence-corrected chi connectivity index (χ3v) is 3.66. The molecule has 2 amide bonds. The van der Waals surface area contributed by atoms with E-state index in [0.29, 0.717) is 17.5 Å². The number of carbonyl (C=O) groups is 2. The number of carbonyl (C=O) groups excluding carboxylic acids is 1. The summed E-state index contributed by atoms with van der Waals surface area (Å²) in [6.07, 6.45) is 2.02. The number of hydrogen-bond donors (Lipinski definition) is 3. The monoisotopic (exact) mass is 270 g/mol. The van der Waals surface area contributed by atoms with Crippen molar-refractivity contribution in [3.05, 3.63) is 17.0 Å². The highest BCUT2D eigenvalue weighted by molar-refractivity contribution is 7.14. The zero-order valence-electron chi connectivity index (χ0n) is 10.5. The first-order valence-electron chi connectivity index (χ1n) is 5.94. The maximum Gasteiger partial charge on any atom is 0.338 e. The lowest BCUT2D eigenvalue weighted by Gasteiger charge is -2.13. The maximum absolute atomic E-state index is 11.6. The molecule has 1 heterocycles. The largest absolute Gasteiger partial charge is 0.478 e. The fourth-order valence-corrected chi connectivity index (χ4v) is 2.31. The van der Waals surface area contributed by atoms with Crippen LogP contribution in [0.2, 0.25) is 0 Å². The zero-order chi connectivity index (χ0) is 13.5. The van der Waals surface area contributed by atoms with Crippen LogP contribution in [0.3, 0.4) is 0 Å². The quantitative estimate of drug-likeness (QED) is 0.743. The van der Waals surface area contributed by atoms with E-state index in [-0.39, 0.29) is 11.6 Å². The van der Waals surface area contributed by atoms with Gasteiger partial charge in [0, 0.05) is 6.54 Å². The summed E-state index contributed by atoms with van der Waals surface area (Å²) in [6, 6.07) is 1.12. The van der Waals surface area contributed by atoms with Gasteiger partial charge in [0.25, 0.3) is 0 Å². The van der Waals surface area contributed by atoms with Crippen LogP contribution >= 0.6 is 11.3 Å². The van der Waals surface area contributed by atoms with E-state index in [1.807, 2.05) is 0 Å². The molecule has 18 heavy (non-hydrogen) atoms. The average Bonchev–Trinajstić information content (AvgIpc) is 2.78. The number of thiophene rings is 1. The lowest BCUT2D eigenvalue weighted by Crippen LogP contribution is -2.32. The smallest absolute Gasteiger partial charge is 0.338 e. The first-order chi connectivity index (χ1) is 8.58. The summed E-state index contributed by atoms with van der Waals surface area (Å²) in [6.45, 7) is 4.76. The number of urea groups is 1. The van der Waals surface area contributed by atoms with Crippen LogP contribution in [0.5, 0.6) is 0 Å². The number of anilines is 1. The van der Waals surface area contributed by atoms with E-state index < -0.39 is 5.97 Å². The normalized spacial score (nSPS) is 10.4. The molecule has 0 saturated carbocycles. The molecule has 0 unspecified atom stereocenters. The molecule has 0 bridgehead atoms. The summed E-state index contributed by atoms with van der Waals surface area (Å²) < 4.78 is 0. The zero-order valence-corrected chi connectivity index (χ0v) is 11.3. The van der Waals surface area contributed by atoms with Gasteiger partial charge in [0.05, 0.1) is 5.56 Å². The molecule has 0 aliphatic carbocycles. The molecule has 0 saturated heterocycles. The Morgan fingerprint density at radius 2 is 2.06 bits per heavy atom. The van der Waals surface area contributed by atoms with E-state index in [0.717, 1.165) is 12.8 Å². The third-order valence-electron chi connectivity index (χ3n) is 2.83. The van der Waals surface area contributed by atoms with Crippen LogP contribution in [-0.4, -0.2) is 23.7 Å². The number of rotatable bonds is 6. The molecule has 0 spiro atoms. The lowest BCUT2D eigenvalue weighted by atomic mass is 10.0. The fraction of sp³-hybridized carbons (Fsp3) is 0.500. The Hall–Kier alpha value is -1.56. The minimum atomic E-state index is -1.04. The first kappa shape index (κ1) is 14.5. The molecular formula is C12H18N2O3S. The van der Waals surface area contributed by atoms with Crippen LogP contribution < -0.4 is 10.6 Å². The van der Waals surface area contributed by atoms with Gasteiger partial charge in [-0.05, 0) is 17.4 Å². The molecule has 0 radical (unpaired) electrons. The van der Waals surface area contributed by atoms with Gasteiger partial charge in [0.1, 0.15) is 5.00 Å².